The van der Waals surface area contributed by atoms with Crippen molar-refractivity contribution in [3.8, 4) is 6.07 Å². The van der Waals surface area contributed by atoms with Gasteiger partial charge >= 0.3 is 0 Å². The lowest BCUT2D eigenvalue weighted by atomic mass is 10.1. The highest BCUT2D eigenvalue weighted by atomic mass is 19.1. The van der Waals surface area contributed by atoms with Gasteiger partial charge in [-0.2, -0.15) is 5.26 Å². The summed E-state index contributed by atoms with van der Waals surface area (Å²) in [6, 6.07) is 5.56. The van der Waals surface area contributed by atoms with Gasteiger partial charge in [0.25, 0.3) is 0 Å². The van der Waals surface area contributed by atoms with Gasteiger partial charge in [-0.1, -0.05) is 6.92 Å². The Balaban J connectivity index is 1.70. The number of halogens is 1. The van der Waals surface area contributed by atoms with Gasteiger partial charge in [0.2, 0.25) is 5.91 Å². The van der Waals surface area contributed by atoms with Crippen molar-refractivity contribution in [2.75, 3.05) is 10.6 Å². The van der Waals surface area contributed by atoms with Gasteiger partial charge in [-0.3, -0.25) is 4.79 Å². The van der Waals surface area contributed by atoms with Gasteiger partial charge in [0, 0.05) is 13.1 Å². The zero-order valence-corrected chi connectivity index (χ0v) is 15.4. The third-order valence-corrected chi connectivity index (χ3v) is 4.75. The van der Waals surface area contributed by atoms with Crippen LogP contribution in [0.4, 0.5) is 21.7 Å². The summed E-state index contributed by atoms with van der Waals surface area (Å²) in [5.74, 6) is -0.241. The first kappa shape index (κ1) is 17.9. The van der Waals surface area contributed by atoms with Crippen molar-refractivity contribution in [1.82, 2.24) is 19.5 Å². The lowest BCUT2D eigenvalue weighted by molar-refractivity contribution is -0.117. The van der Waals surface area contributed by atoms with Crippen LogP contribution in [0.1, 0.15) is 24.6 Å². The van der Waals surface area contributed by atoms with Crippen molar-refractivity contribution in [2.24, 2.45) is 13.0 Å². The molecule has 0 unspecified atom stereocenters. The topological polar surface area (TPSA) is 109 Å². The Morgan fingerprint density at radius 1 is 1.43 bits per heavy atom. The van der Waals surface area contributed by atoms with Crippen molar-refractivity contribution >= 4 is 34.3 Å². The number of anilines is 3. The molecule has 3 heterocycles. The molecule has 0 saturated heterocycles. The molecule has 0 spiro atoms. The van der Waals surface area contributed by atoms with E-state index in [1.54, 1.807) is 18.6 Å². The Hall–Kier alpha value is -3.54. The molecule has 1 fully saturated rings. The SMILES string of the molecule is CCc1cc(C#N)ncc1Nc1cc2c(ncn2C)c(NC(=O)[C@H]2C[C@H]2F)n1. The number of nitrogens with one attached hydrogen (secondary N) is 2. The summed E-state index contributed by atoms with van der Waals surface area (Å²) in [4.78, 5) is 25.1. The normalized spacial score (nSPS) is 17.9. The molecular weight excluding hydrogens is 361 g/mol. The Morgan fingerprint density at radius 3 is 2.89 bits per heavy atom. The maximum Gasteiger partial charge on any atom is 0.231 e. The molecule has 3 aromatic rings. The van der Waals surface area contributed by atoms with Crippen LogP contribution >= 0.6 is 0 Å². The summed E-state index contributed by atoms with van der Waals surface area (Å²) in [5, 5.41) is 14.9. The highest BCUT2D eigenvalue weighted by molar-refractivity contribution is 6.01. The molecular formula is C19H18FN7O. The fourth-order valence-corrected chi connectivity index (χ4v) is 3.02. The molecule has 28 heavy (non-hydrogen) atoms. The van der Waals surface area contributed by atoms with Crippen LogP contribution in [-0.4, -0.2) is 31.6 Å². The van der Waals surface area contributed by atoms with Crippen molar-refractivity contribution in [3.05, 3.63) is 35.9 Å². The zero-order chi connectivity index (χ0) is 19.8. The minimum atomic E-state index is -1.09. The molecule has 2 atom stereocenters. The Bertz CT molecular complexity index is 1120. The Labute approximate surface area is 160 Å². The van der Waals surface area contributed by atoms with E-state index in [1.165, 1.54) is 0 Å². The number of carbonyl (C=O) groups is 1. The van der Waals surface area contributed by atoms with Gasteiger partial charge in [0.05, 0.1) is 29.6 Å². The van der Waals surface area contributed by atoms with Gasteiger partial charge in [-0.05, 0) is 24.5 Å². The number of pyridine rings is 2. The number of hydrogen-bond acceptors (Lipinski definition) is 6. The van der Waals surface area contributed by atoms with Crippen molar-refractivity contribution in [2.45, 2.75) is 25.9 Å². The zero-order valence-electron chi connectivity index (χ0n) is 15.4. The minimum absolute atomic E-state index is 0.242. The number of nitrogens with zero attached hydrogens (tertiary/aromatic N) is 5. The standard InChI is InChI=1S/C19H18FN7O/c1-3-10-4-11(7-21)22-8-14(10)24-16-6-15-17(23-9-27(15)2)18(25-16)26-19(28)12-5-13(12)20/h4,6,8-9,12-13H,3,5H2,1-2H3,(H2,24,25,26,28)/t12-,13+/m0/s1. The average molecular weight is 379 g/mol. The summed E-state index contributed by atoms with van der Waals surface area (Å²) in [7, 11) is 1.84. The van der Waals surface area contributed by atoms with E-state index in [-0.39, 0.29) is 12.2 Å². The largest absolute Gasteiger partial charge is 0.339 e. The van der Waals surface area contributed by atoms with Gasteiger partial charge < -0.3 is 15.2 Å². The van der Waals surface area contributed by atoms with Crippen LogP contribution in [0, 0.1) is 17.2 Å². The summed E-state index contributed by atoms with van der Waals surface area (Å²) < 4.78 is 15.0. The van der Waals surface area contributed by atoms with E-state index in [2.05, 4.69) is 25.6 Å². The monoisotopic (exact) mass is 379 g/mol. The van der Waals surface area contributed by atoms with Crippen molar-refractivity contribution < 1.29 is 9.18 Å². The maximum atomic E-state index is 13.2. The van der Waals surface area contributed by atoms with E-state index in [4.69, 9.17) is 5.26 Å². The van der Waals surface area contributed by atoms with Crippen LogP contribution in [0.3, 0.4) is 0 Å². The second-order valence-electron chi connectivity index (χ2n) is 6.74. The van der Waals surface area contributed by atoms with Crippen LogP contribution in [-0.2, 0) is 18.3 Å². The van der Waals surface area contributed by atoms with Crippen LogP contribution in [0.5, 0.6) is 0 Å². The molecule has 1 amide bonds. The third kappa shape index (κ3) is 3.24. The molecule has 3 aromatic heterocycles. The van der Waals surface area contributed by atoms with Gasteiger partial charge in [0.15, 0.2) is 5.82 Å². The van der Waals surface area contributed by atoms with Crippen LogP contribution in [0.2, 0.25) is 0 Å². The number of aryl methyl sites for hydroxylation is 2. The van der Waals surface area contributed by atoms with Crippen LogP contribution in [0.15, 0.2) is 24.7 Å². The molecule has 0 bridgehead atoms. The average Bonchev–Trinajstić information content (AvgIpc) is 3.32. The molecule has 142 valence electrons. The van der Waals surface area contributed by atoms with E-state index < -0.39 is 18.0 Å². The molecule has 0 radical (unpaired) electrons. The highest BCUT2D eigenvalue weighted by Gasteiger charge is 2.44. The number of carbonyl (C=O) groups excluding carboxylic acids is 1. The van der Waals surface area contributed by atoms with Gasteiger partial charge in [0.1, 0.15) is 29.3 Å². The Morgan fingerprint density at radius 2 is 2.21 bits per heavy atom. The molecule has 0 aliphatic heterocycles. The number of amides is 1. The minimum Gasteiger partial charge on any atom is -0.339 e. The van der Waals surface area contributed by atoms with Gasteiger partial charge in [-0.25, -0.2) is 19.3 Å². The first-order chi connectivity index (χ1) is 13.5. The van der Waals surface area contributed by atoms with Crippen molar-refractivity contribution in [1.29, 1.82) is 5.26 Å². The number of nitriles is 1. The summed E-state index contributed by atoms with van der Waals surface area (Å²) in [6.45, 7) is 1.98. The number of hydrogen-bond donors (Lipinski definition) is 2. The summed E-state index contributed by atoms with van der Waals surface area (Å²) >= 11 is 0. The van der Waals surface area contributed by atoms with Crippen molar-refractivity contribution in [3.63, 3.8) is 0 Å². The smallest absolute Gasteiger partial charge is 0.231 e. The van der Waals surface area contributed by atoms with E-state index in [9.17, 15) is 9.18 Å². The molecule has 4 rings (SSSR count). The van der Waals surface area contributed by atoms with E-state index in [0.717, 1.165) is 16.8 Å². The van der Waals surface area contributed by atoms with E-state index in [1.807, 2.05) is 30.7 Å². The quantitative estimate of drug-likeness (QED) is 0.706. The number of alkyl halides is 1. The number of fused-ring (bicyclic) bond motifs is 1. The molecule has 1 aliphatic rings. The predicted molar refractivity (Wildman–Crippen MR) is 102 cm³/mol. The lowest BCUT2D eigenvalue weighted by Crippen LogP contribution is -2.16. The number of aromatic nitrogens is 4. The molecule has 1 saturated carbocycles. The number of rotatable bonds is 5. The highest BCUT2D eigenvalue weighted by Crippen LogP contribution is 2.35. The molecule has 9 heteroatoms. The van der Waals surface area contributed by atoms with E-state index >= 15 is 0 Å². The first-order valence-electron chi connectivity index (χ1n) is 8.93. The second-order valence-corrected chi connectivity index (χ2v) is 6.74. The molecule has 1 aliphatic carbocycles. The number of imidazole rings is 1. The van der Waals surface area contributed by atoms with Crippen LogP contribution < -0.4 is 10.6 Å². The third-order valence-electron chi connectivity index (χ3n) is 4.75. The summed E-state index contributed by atoms with van der Waals surface area (Å²) in [6.07, 6.45) is 3.07. The predicted octanol–water partition coefficient (Wildman–Crippen LogP) is 2.84. The summed E-state index contributed by atoms with van der Waals surface area (Å²) in [5.41, 5.74) is 3.28. The second kappa shape index (κ2) is 6.88. The fourth-order valence-electron chi connectivity index (χ4n) is 3.02. The van der Waals surface area contributed by atoms with Crippen LogP contribution in [0.25, 0.3) is 11.0 Å². The molecule has 0 aromatic carbocycles. The van der Waals surface area contributed by atoms with E-state index in [0.29, 0.717) is 23.4 Å². The molecule has 8 nitrogen and oxygen atoms in total. The maximum absolute atomic E-state index is 13.2. The Kier molecular flexibility index (Phi) is 4.39. The van der Waals surface area contributed by atoms with Gasteiger partial charge in [-0.15, -0.1) is 0 Å². The fraction of sp³-hybridized carbons (Fsp3) is 0.316. The first-order valence-corrected chi connectivity index (χ1v) is 8.93. The lowest BCUT2D eigenvalue weighted by Gasteiger charge is -2.12. The molecule has 2 N–H and O–H groups in total.